The fourth-order valence-electron chi connectivity index (χ4n) is 0.723. The number of nitrogens with zero attached hydrogens (tertiary/aromatic N) is 1. The Bertz CT molecular complexity index is 457. The van der Waals surface area contributed by atoms with Crippen LogP contribution in [0.4, 0.5) is 13.2 Å². The minimum absolute atomic E-state index is 0.0229. The molecule has 0 spiro atoms. The molecule has 0 bridgehead atoms. The first-order chi connectivity index (χ1) is 7.21. The second kappa shape index (κ2) is 4.56. The van der Waals surface area contributed by atoms with Gasteiger partial charge in [-0.15, -0.1) is 0 Å². The molecular formula is C7H5ClF3NO3S. The molecule has 1 heterocycles. The van der Waals surface area contributed by atoms with E-state index in [0.717, 1.165) is 18.3 Å². The second-order valence-corrected chi connectivity index (χ2v) is 4.65. The lowest BCUT2D eigenvalue weighted by Crippen LogP contribution is -2.20. The van der Waals surface area contributed by atoms with Crippen LogP contribution in [0.2, 0.25) is 5.15 Å². The topological polar surface area (TPSA) is 56.3 Å². The van der Waals surface area contributed by atoms with Crippen molar-refractivity contribution in [1.82, 2.24) is 4.98 Å². The maximum Gasteiger partial charge on any atom is 0.413 e. The van der Waals surface area contributed by atoms with Crippen LogP contribution in [-0.4, -0.2) is 26.2 Å². The minimum atomic E-state index is -4.72. The van der Waals surface area contributed by atoms with Crippen molar-refractivity contribution in [2.75, 3.05) is 6.61 Å². The Morgan fingerprint density at radius 3 is 2.44 bits per heavy atom. The summed E-state index contributed by atoms with van der Waals surface area (Å²) in [4.78, 5) is 2.93. The largest absolute Gasteiger partial charge is 0.413 e. The van der Waals surface area contributed by atoms with E-state index in [4.69, 9.17) is 11.6 Å². The van der Waals surface area contributed by atoms with Gasteiger partial charge in [0.05, 0.1) is 0 Å². The van der Waals surface area contributed by atoms with E-state index in [-0.39, 0.29) is 5.15 Å². The van der Waals surface area contributed by atoms with Gasteiger partial charge in [-0.1, -0.05) is 11.6 Å². The molecule has 1 aromatic heterocycles. The first-order valence-electron chi connectivity index (χ1n) is 3.78. The number of pyridine rings is 1. The van der Waals surface area contributed by atoms with Crippen LogP contribution in [0.5, 0.6) is 0 Å². The van der Waals surface area contributed by atoms with Gasteiger partial charge in [-0.05, 0) is 12.1 Å². The molecule has 0 saturated heterocycles. The third-order valence-corrected chi connectivity index (χ3v) is 2.84. The van der Waals surface area contributed by atoms with Gasteiger partial charge in [0.15, 0.2) is 6.61 Å². The Hall–Kier alpha value is -0.860. The molecular weight excluding hydrogens is 271 g/mol. The maximum absolute atomic E-state index is 11.7. The standard InChI is InChI=1S/C7H5ClF3NO3S/c8-6-2-1-5(3-12-6)16(13,14)15-4-7(9,10)11/h1-3H,4H2. The van der Waals surface area contributed by atoms with Crippen LogP contribution < -0.4 is 0 Å². The average Bonchev–Trinajstić information content (AvgIpc) is 2.15. The van der Waals surface area contributed by atoms with E-state index < -0.39 is 27.8 Å². The van der Waals surface area contributed by atoms with E-state index in [1.807, 2.05) is 0 Å². The number of hydrogen-bond donors (Lipinski definition) is 0. The molecule has 0 fully saturated rings. The van der Waals surface area contributed by atoms with E-state index in [0.29, 0.717) is 0 Å². The van der Waals surface area contributed by atoms with Gasteiger partial charge in [0.2, 0.25) is 0 Å². The Balaban J connectivity index is 2.83. The van der Waals surface area contributed by atoms with Crippen LogP contribution in [0, 0.1) is 0 Å². The summed E-state index contributed by atoms with van der Waals surface area (Å²) < 4.78 is 61.4. The predicted octanol–water partition coefficient (Wildman–Crippen LogP) is 2.00. The van der Waals surface area contributed by atoms with Gasteiger partial charge < -0.3 is 0 Å². The number of alkyl halides is 3. The van der Waals surface area contributed by atoms with Crippen molar-refractivity contribution in [2.45, 2.75) is 11.1 Å². The third kappa shape index (κ3) is 3.95. The van der Waals surface area contributed by atoms with E-state index >= 15 is 0 Å². The summed E-state index contributed by atoms with van der Waals surface area (Å²) in [5.74, 6) is 0. The molecule has 0 saturated carbocycles. The molecule has 1 aromatic rings. The molecule has 4 nitrogen and oxygen atoms in total. The summed E-state index contributed by atoms with van der Waals surface area (Å²) >= 11 is 5.38. The smallest absolute Gasteiger partial charge is 0.257 e. The molecule has 0 atom stereocenters. The number of aromatic nitrogens is 1. The Morgan fingerprint density at radius 2 is 2.00 bits per heavy atom. The predicted molar refractivity (Wildman–Crippen MR) is 48.4 cm³/mol. The first kappa shape index (κ1) is 13.2. The summed E-state index contributed by atoms with van der Waals surface area (Å²) in [7, 11) is -4.45. The maximum atomic E-state index is 11.7. The van der Waals surface area contributed by atoms with Gasteiger partial charge in [-0.2, -0.15) is 21.6 Å². The van der Waals surface area contributed by atoms with Crippen LogP contribution in [0.25, 0.3) is 0 Å². The quantitative estimate of drug-likeness (QED) is 0.625. The summed E-state index contributed by atoms with van der Waals surface area (Å²) in [5, 5.41) is 0.0229. The second-order valence-electron chi connectivity index (χ2n) is 2.65. The highest BCUT2D eigenvalue weighted by molar-refractivity contribution is 7.86. The Labute approximate surface area is 94.1 Å². The van der Waals surface area contributed by atoms with Gasteiger partial charge in [0, 0.05) is 6.20 Å². The van der Waals surface area contributed by atoms with E-state index in [1.54, 1.807) is 0 Å². The number of rotatable bonds is 3. The van der Waals surface area contributed by atoms with Gasteiger partial charge in [-0.25, -0.2) is 4.98 Å². The highest BCUT2D eigenvalue weighted by Crippen LogP contribution is 2.19. The van der Waals surface area contributed by atoms with Crippen LogP contribution in [0.3, 0.4) is 0 Å². The van der Waals surface area contributed by atoms with Crippen molar-refractivity contribution in [3.8, 4) is 0 Å². The van der Waals surface area contributed by atoms with Gasteiger partial charge in [0.25, 0.3) is 10.1 Å². The van der Waals surface area contributed by atoms with Crippen molar-refractivity contribution in [1.29, 1.82) is 0 Å². The van der Waals surface area contributed by atoms with Gasteiger partial charge in [0.1, 0.15) is 10.0 Å². The van der Waals surface area contributed by atoms with Crippen molar-refractivity contribution in [2.24, 2.45) is 0 Å². The van der Waals surface area contributed by atoms with Crippen LogP contribution in [0.1, 0.15) is 0 Å². The van der Waals surface area contributed by atoms with E-state index in [9.17, 15) is 21.6 Å². The molecule has 9 heteroatoms. The summed E-state index contributed by atoms with van der Waals surface area (Å²) in [6.45, 7) is -1.88. The lowest BCUT2D eigenvalue weighted by molar-refractivity contribution is -0.152. The molecule has 0 aliphatic heterocycles. The molecule has 0 amide bonds. The van der Waals surface area contributed by atoms with Crippen LogP contribution in [0.15, 0.2) is 23.2 Å². The molecule has 0 N–H and O–H groups in total. The number of hydrogen-bond acceptors (Lipinski definition) is 4. The summed E-state index contributed by atoms with van der Waals surface area (Å²) in [6.07, 6.45) is -3.90. The van der Waals surface area contributed by atoms with Crippen molar-refractivity contribution in [3.05, 3.63) is 23.5 Å². The monoisotopic (exact) mass is 275 g/mol. The van der Waals surface area contributed by atoms with Crippen molar-refractivity contribution < 1.29 is 25.8 Å². The molecule has 0 aromatic carbocycles. The zero-order valence-electron chi connectivity index (χ0n) is 7.53. The average molecular weight is 276 g/mol. The SMILES string of the molecule is O=S(=O)(OCC(F)(F)F)c1ccc(Cl)nc1. The normalized spacial score (nSPS) is 12.8. The molecule has 0 aliphatic carbocycles. The Kier molecular flexibility index (Phi) is 3.76. The zero-order chi connectivity index (χ0) is 12.4. The van der Waals surface area contributed by atoms with Crippen LogP contribution >= 0.6 is 11.6 Å². The fourth-order valence-corrected chi connectivity index (χ4v) is 1.68. The molecule has 0 unspecified atom stereocenters. The molecule has 0 radical (unpaired) electrons. The lowest BCUT2D eigenvalue weighted by Gasteiger charge is -2.07. The first-order valence-corrected chi connectivity index (χ1v) is 5.57. The van der Waals surface area contributed by atoms with Crippen molar-refractivity contribution in [3.63, 3.8) is 0 Å². The molecule has 90 valence electrons. The highest BCUT2D eigenvalue weighted by atomic mass is 35.5. The molecule has 0 aliphatic rings. The van der Waals surface area contributed by atoms with Crippen LogP contribution in [-0.2, 0) is 14.3 Å². The van der Waals surface area contributed by atoms with Gasteiger partial charge >= 0.3 is 6.18 Å². The summed E-state index contributed by atoms with van der Waals surface area (Å²) in [5.41, 5.74) is 0. The summed E-state index contributed by atoms with van der Waals surface area (Å²) in [6, 6.07) is 2.13. The van der Waals surface area contributed by atoms with E-state index in [1.165, 1.54) is 0 Å². The zero-order valence-corrected chi connectivity index (χ0v) is 9.10. The Morgan fingerprint density at radius 1 is 1.38 bits per heavy atom. The molecule has 1 rings (SSSR count). The lowest BCUT2D eigenvalue weighted by atomic mass is 10.5. The number of halogens is 4. The minimum Gasteiger partial charge on any atom is -0.257 e. The van der Waals surface area contributed by atoms with Crippen molar-refractivity contribution >= 4 is 21.7 Å². The fraction of sp³-hybridized carbons (Fsp3) is 0.286. The van der Waals surface area contributed by atoms with E-state index in [2.05, 4.69) is 9.17 Å². The third-order valence-electron chi connectivity index (χ3n) is 1.37. The highest BCUT2D eigenvalue weighted by Gasteiger charge is 2.31. The van der Waals surface area contributed by atoms with Gasteiger partial charge in [-0.3, -0.25) is 4.18 Å². The molecule has 16 heavy (non-hydrogen) atoms.